The number of benzene rings is 1. The van der Waals surface area contributed by atoms with E-state index in [2.05, 4.69) is 57.6 Å². The second-order valence-electron chi connectivity index (χ2n) is 6.58. The smallest absolute Gasteiger partial charge is 0.193 e. The predicted molar refractivity (Wildman–Crippen MR) is 97.9 cm³/mol. The molecule has 1 aromatic carbocycles. The summed E-state index contributed by atoms with van der Waals surface area (Å²) in [6.45, 7) is 5.16. The first-order valence-electron chi connectivity index (χ1n) is 8.66. The molecule has 0 radical (unpaired) electrons. The standard InChI is InChI=1S/C19H27N5/c1-15-14-24(12-10-18(15)16-7-5-4-6-8-16)19(20-2)21-13-17-9-11-22-23(17)3/h4-9,11,15,18H,10,12-14H2,1-3H3,(H,20,21). The molecule has 1 fully saturated rings. The molecule has 2 heterocycles. The fourth-order valence-corrected chi connectivity index (χ4v) is 3.61. The molecule has 2 aromatic rings. The Kier molecular flexibility index (Phi) is 5.18. The Morgan fingerprint density at radius 1 is 1.29 bits per heavy atom. The van der Waals surface area contributed by atoms with Gasteiger partial charge in [0.15, 0.2) is 5.96 Å². The molecule has 1 aliphatic rings. The van der Waals surface area contributed by atoms with Gasteiger partial charge in [0.2, 0.25) is 0 Å². The minimum Gasteiger partial charge on any atom is -0.351 e. The zero-order chi connectivity index (χ0) is 16.9. The van der Waals surface area contributed by atoms with Crippen molar-refractivity contribution in [2.75, 3.05) is 20.1 Å². The second kappa shape index (κ2) is 7.51. The molecule has 0 spiro atoms. The summed E-state index contributed by atoms with van der Waals surface area (Å²) in [6, 6.07) is 12.9. The van der Waals surface area contributed by atoms with E-state index in [1.165, 1.54) is 5.56 Å². The van der Waals surface area contributed by atoms with E-state index < -0.39 is 0 Å². The van der Waals surface area contributed by atoms with Crippen LogP contribution in [0.25, 0.3) is 0 Å². The number of nitrogens with one attached hydrogen (secondary N) is 1. The van der Waals surface area contributed by atoms with Crippen molar-refractivity contribution < 1.29 is 0 Å². The van der Waals surface area contributed by atoms with Crippen molar-refractivity contribution in [2.45, 2.75) is 25.8 Å². The number of nitrogens with zero attached hydrogens (tertiary/aromatic N) is 4. The number of aromatic nitrogens is 2. The highest BCUT2D eigenvalue weighted by atomic mass is 15.3. The number of rotatable bonds is 3. The van der Waals surface area contributed by atoms with E-state index in [-0.39, 0.29) is 0 Å². The molecule has 2 atom stereocenters. The number of hydrogen-bond donors (Lipinski definition) is 1. The molecule has 0 bridgehead atoms. The third kappa shape index (κ3) is 3.61. The van der Waals surface area contributed by atoms with Crippen molar-refractivity contribution in [3.05, 3.63) is 53.9 Å². The van der Waals surface area contributed by atoms with E-state index in [1.54, 1.807) is 0 Å². The summed E-state index contributed by atoms with van der Waals surface area (Å²) in [4.78, 5) is 6.85. The lowest BCUT2D eigenvalue weighted by Gasteiger charge is -2.38. The van der Waals surface area contributed by atoms with Gasteiger partial charge in [0.1, 0.15) is 0 Å². The van der Waals surface area contributed by atoms with Gasteiger partial charge in [-0.05, 0) is 29.9 Å². The van der Waals surface area contributed by atoms with Gasteiger partial charge >= 0.3 is 0 Å². The Hall–Kier alpha value is -2.30. The second-order valence-corrected chi connectivity index (χ2v) is 6.58. The van der Waals surface area contributed by atoms with E-state index in [4.69, 9.17) is 0 Å². The molecule has 1 aliphatic heterocycles. The average molecular weight is 325 g/mol. The molecule has 5 heteroatoms. The van der Waals surface area contributed by atoms with Crippen LogP contribution < -0.4 is 5.32 Å². The summed E-state index contributed by atoms with van der Waals surface area (Å²) >= 11 is 0. The summed E-state index contributed by atoms with van der Waals surface area (Å²) in [7, 11) is 3.83. The molecular weight excluding hydrogens is 298 g/mol. The lowest BCUT2D eigenvalue weighted by atomic mass is 9.82. The number of likely N-dealkylation sites (tertiary alicyclic amines) is 1. The number of guanidine groups is 1. The van der Waals surface area contributed by atoms with Crippen molar-refractivity contribution in [1.82, 2.24) is 20.0 Å². The maximum absolute atomic E-state index is 4.47. The number of piperidine rings is 1. The first-order valence-corrected chi connectivity index (χ1v) is 8.66. The highest BCUT2D eigenvalue weighted by Gasteiger charge is 2.28. The molecule has 1 N–H and O–H groups in total. The van der Waals surface area contributed by atoms with Gasteiger partial charge in [-0.1, -0.05) is 37.3 Å². The van der Waals surface area contributed by atoms with Crippen LogP contribution in [0.5, 0.6) is 0 Å². The molecule has 1 aromatic heterocycles. The molecule has 2 unspecified atom stereocenters. The summed E-state index contributed by atoms with van der Waals surface area (Å²) in [5.74, 6) is 2.23. The first-order chi connectivity index (χ1) is 11.7. The minimum atomic E-state index is 0.608. The number of aryl methyl sites for hydroxylation is 1. The van der Waals surface area contributed by atoms with Crippen molar-refractivity contribution in [3.8, 4) is 0 Å². The maximum atomic E-state index is 4.47. The Morgan fingerprint density at radius 3 is 2.71 bits per heavy atom. The zero-order valence-electron chi connectivity index (χ0n) is 14.8. The SMILES string of the molecule is CN=C(NCc1ccnn1C)N1CCC(c2ccccc2)C(C)C1. The Bertz CT molecular complexity index is 676. The van der Waals surface area contributed by atoms with Crippen LogP contribution in [0.3, 0.4) is 0 Å². The van der Waals surface area contributed by atoms with Crippen molar-refractivity contribution in [1.29, 1.82) is 0 Å². The van der Waals surface area contributed by atoms with Crippen molar-refractivity contribution in [3.63, 3.8) is 0 Å². The molecule has 24 heavy (non-hydrogen) atoms. The number of hydrogen-bond acceptors (Lipinski definition) is 2. The van der Waals surface area contributed by atoms with Crippen LogP contribution in [-0.4, -0.2) is 40.8 Å². The maximum Gasteiger partial charge on any atom is 0.193 e. The van der Waals surface area contributed by atoms with E-state index in [1.807, 2.05) is 31.0 Å². The summed E-state index contributed by atoms with van der Waals surface area (Å²) in [5.41, 5.74) is 2.62. The topological polar surface area (TPSA) is 45.5 Å². The predicted octanol–water partition coefficient (Wildman–Crippen LogP) is 2.62. The summed E-state index contributed by atoms with van der Waals surface area (Å²) in [6.07, 6.45) is 2.99. The quantitative estimate of drug-likeness (QED) is 0.697. The zero-order valence-corrected chi connectivity index (χ0v) is 14.8. The Balaban J connectivity index is 1.60. The lowest BCUT2D eigenvalue weighted by Crippen LogP contribution is -2.47. The largest absolute Gasteiger partial charge is 0.351 e. The van der Waals surface area contributed by atoms with Crippen LogP contribution in [0.4, 0.5) is 0 Å². The molecule has 3 rings (SSSR count). The van der Waals surface area contributed by atoms with Crippen LogP contribution in [0.15, 0.2) is 47.6 Å². The summed E-state index contributed by atoms with van der Waals surface area (Å²) in [5, 5.41) is 7.68. The molecule has 0 amide bonds. The normalized spacial score (nSPS) is 21.8. The van der Waals surface area contributed by atoms with Crippen LogP contribution in [-0.2, 0) is 13.6 Å². The lowest BCUT2D eigenvalue weighted by molar-refractivity contribution is 0.234. The van der Waals surface area contributed by atoms with Crippen molar-refractivity contribution in [2.24, 2.45) is 18.0 Å². The van der Waals surface area contributed by atoms with Crippen LogP contribution in [0.1, 0.15) is 30.5 Å². The van der Waals surface area contributed by atoms with Crippen LogP contribution in [0, 0.1) is 5.92 Å². The van der Waals surface area contributed by atoms with E-state index in [9.17, 15) is 0 Å². The van der Waals surface area contributed by atoms with Crippen molar-refractivity contribution >= 4 is 5.96 Å². The molecule has 0 aliphatic carbocycles. The first kappa shape index (κ1) is 16.6. The van der Waals surface area contributed by atoms with Gasteiger partial charge in [-0.2, -0.15) is 5.10 Å². The number of aliphatic imine (C=N–C) groups is 1. The van der Waals surface area contributed by atoms with Gasteiger partial charge in [0.25, 0.3) is 0 Å². The third-order valence-electron chi connectivity index (χ3n) is 4.99. The molecule has 5 nitrogen and oxygen atoms in total. The summed E-state index contributed by atoms with van der Waals surface area (Å²) < 4.78 is 1.89. The van der Waals surface area contributed by atoms with Gasteiger partial charge in [0.05, 0.1) is 12.2 Å². The molecule has 0 saturated carbocycles. The van der Waals surface area contributed by atoms with Gasteiger partial charge in [-0.25, -0.2) is 0 Å². The molecule has 128 valence electrons. The molecular formula is C19H27N5. The molecule has 1 saturated heterocycles. The fourth-order valence-electron chi connectivity index (χ4n) is 3.61. The monoisotopic (exact) mass is 325 g/mol. The Morgan fingerprint density at radius 2 is 2.08 bits per heavy atom. The average Bonchev–Trinajstić information content (AvgIpc) is 3.01. The van der Waals surface area contributed by atoms with Crippen LogP contribution in [0.2, 0.25) is 0 Å². The van der Waals surface area contributed by atoms with E-state index >= 15 is 0 Å². The van der Waals surface area contributed by atoms with Crippen LogP contribution >= 0.6 is 0 Å². The fraction of sp³-hybridized carbons (Fsp3) is 0.474. The third-order valence-corrected chi connectivity index (χ3v) is 4.99. The van der Waals surface area contributed by atoms with Gasteiger partial charge in [-0.15, -0.1) is 0 Å². The van der Waals surface area contributed by atoms with Gasteiger partial charge < -0.3 is 10.2 Å². The van der Waals surface area contributed by atoms with Gasteiger partial charge in [0, 0.05) is 33.4 Å². The highest BCUT2D eigenvalue weighted by molar-refractivity contribution is 5.80. The minimum absolute atomic E-state index is 0.608. The van der Waals surface area contributed by atoms with Gasteiger partial charge in [-0.3, -0.25) is 9.67 Å². The highest BCUT2D eigenvalue weighted by Crippen LogP contribution is 2.32. The van der Waals surface area contributed by atoms with E-state index in [0.29, 0.717) is 11.8 Å². The van der Waals surface area contributed by atoms with E-state index in [0.717, 1.165) is 37.7 Å². The Labute approximate surface area is 144 Å².